The Morgan fingerprint density at radius 3 is 2.67 bits per heavy atom. The van der Waals surface area contributed by atoms with Crippen LogP contribution in [0.5, 0.6) is 0 Å². The molecular formula is C32H47N3O4. The van der Waals surface area contributed by atoms with E-state index < -0.39 is 5.60 Å². The van der Waals surface area contributed by atoms with Crippen LogP contribution in [-0.4, -0.2) is 47.5 Å². The summed E-state index contributed by atoms with van der Waals surface area (Å²) in [6.45, 7) is 10.5. The lowest BCUT2D eigenvalue weighted by Crippen LogP contribution is -2.59. The number of amides is 1. The van der Waals surface area contributed by atoms with Gasteiger partial charge in [-0.25, -0.2) is 4.98 Å². The molecule has 4 fully saturated rings. The molecule has 4 aliphatic rings. The van der Waals surface area contributed by atoms with Crippen LogP contribution < -0.4 is 5.32 Å². The third-order valence-electron chi connectivity index (χ3n) is 11.2. The lowest BCUT2D eigenvalue weighted by molar-refractivity contribution is -0.195. The highest BCUT2D eigenvalue weighted by molar-refractivity contribution is 5.92. The van der Waals surface area contributed by atoms with Crippen LogP contribution in [0.1, 0.15) is 91.0 Å². The van der Waals surface area contributed by atoms with Crippen LogP contribution in [0.4, 0.5) is 5.82 Å². The Morgan fingerprint density at radius 2 is 1.97 bits per heavy atom. The summed E-state index contributed by atoms with van der Waals surface area (Å²) < 4.78 is 12.1. The van der Waals surface area contributed by atoms with Crippen molar-refractivity contribution >= 4 is 11.7 Å². The van der Waals surface area contributed by atoms with E-state index in [-0.39, 0.29) is 28.8 Å². The topological polar surface area (TPSA) is 104 Å². The summed E-state index contributed by atoms with van der Waals surface area (Å²) in [7, 11) is 0. The lowest BCUT2D eigenvalue weighted by Gasteiger charge is -2.63. The standard InChI is InChI=1S/C32H47N3O4/c1-5-38-19-31(37)14-15-32(20-39-21(2)3)23(16-31)7-8-24-25-9-10-27(30(25,4)13-12-26(24)32)29(36)35-28-11-6-22(17-33)18-34-28/h6,11,18,21,23-27,37H,5,7-10,12-16,19-20H2,1-4H3,(H,34,35,36)/t23-,24+,25+,26+,27-,30+,31-,32-/m1/s1. The molecule has 4 saturated carbocycles. The number of hydrogen-bond acceptors (Lipinski definition) is 6. The maximum absolute atomic E-state index is 13.5. The van der Waals surface area contributed by atoms with Gasteiger partial charge in [0.25, 0.3) is 0 Å². The van der Waals surface area contributed by atoms with Crippen molar-refractivity contribution in [3.8, 4) is 6.07 Å². The molecule has 7 nitrogen and oxygen atoms in total. The molecule has 1 heterocycles. The highest BCUT2D eigenvalue weighted by Gasteiger charge is 2.63. The van der Waals surface area contributed by atoms with Crippen LogP contribution >= 0.6 is 0 Å². The van der Waals surface area contributed by atoms with Crippen molar-refractivity contribution in [1.29, 1.82) is 5.26 Å². The van der Waals surface area contributed by atoms with Crippen LogP contribution in [0, 0.1) is 51.8 Å². The predicted molar refractivity (Wildman–Crippen MR) is 150 cm³/mol. The van der Waals surface area contributed by atoms with Gasteiger partial charge in [-0.3, -0.25) is 4.79 Å². The van der Waals surface area contributed by atoms with Crippen molar-refractivity contribution in [3.63, 3.8) is 0 Å². The maximum Gasteiger partial charge on any atom is 0.229 e. The van der Waals surface area contributed by atoms with E-state index in [1.54, 1.807) is 12.1 Å². The largest absolute Gasteiger partial charge is 0.387 e. The van der Waals surface area contributed by atoms with Crippen molar-refractivity contribution in [2.75, 3.05) is 25.1 Å². The first-order chi connectivity index (χ1) is 18.6. The molecule has 0 aromatic carbocycles. The van der Waals surface area contributed by atoms with Crippen LogP contribution in [0.25, 0.3) is 0 Å². The molecule has 1 aromatic heterocycles. The van der Waals surface area contributed by atoms with Crippen LogP contribution in [0.15, 0.2) is 18.3 Å². The van der Waals surface area contributed by atoms with Gasteiger partial charge in [-0.2, -0.15) is 5.26 Å². The summed E-state index contributed by atoms with van der Waals surface area (Å²) in [4.78, 5) is 17.8. The van der Waals surface area contributed by atoms with Gasteiger partial charge in [0.2, 0.25) is 5.91 Å². The minimum Gasteiger partial charge on any atom is -0.387 e. The van der Waals surface area contributed by atoms with Crippen LogP contribution in [0.3, 0.4) is 0 Å². The van der Waals surface area contributed by atoms with Gasteiger partial charge < -0.3 is 19.9 Å². The second-order valence-electron chi connectivity index (χ2n) is 13.5. The number of nitrogens with one attached hydrogen (secondary N) is 1. The molecule has 0 aliphatic heterocycles. The molecular weight excluding hydrogens is 490 g/mol. The first kappa shape index (κ1) is 28.5. The molecule has 1 amide bonds. The number of carbonyl (C=O) groups is 1. The normalized spacial score (nSPS) is 39.4. The van der Waals surface area contributed by atoms with E-state index in [1.807, 2.05) is 6.92 Å². The summed E-state index contributed by atoms with van der Waals surface area (Å²) >= 11 is 0. The number of hydrogen-bond donors (Lipinski definition) is 2. The number of aliphatic hydroxyl groups is 1. The SMILES string of the molecule is CCOC[C@@]1(O)CC[C@@]2(COC(C)C)[C@H](CC[C@H]3[C@@H]4CC[C@H](C(=O)Nc5ccc(C#N)cn5)[C@@]4(C)CC[C@@H]32)C1. The molecule has 0 radical (unpaired) electrons. The zero-order valence-corrected chi connectivity index (χ0v) is 24.2. The lowest BCUT2D eigenvalue weighted by atomic mass is 9.43. The molecule has 1 aromatic rings. The molecule has 0 spiro atoms. The fourth-order valence-electron chi connectivity index (χ4n) is 9.33. The number of nitrogens with zero attached hydrogens (tertiary/aromatic N) is 2. The van der Waals surface area contributed by atoms with E-state index in [9.17, 15) is 9.90 Å². The van der Waals surface area contributed by atoms with Gasteiger partial charge >= 0.3 is 0 Å². The third-order valence-corrected chi connectivity index (χ3v) is 11.2. The Kier molecular flexibility index (Phi) is 8.12. The van der Waals surface area contributed by atoms with Gasteiger partial charge in [-0.15, -0.1) is 0 Å². The average molecular weight is 538 g/mol. The molecule has 4 aliphatic carbocycles. The Morgan fingerprint density at radius 1 is 1.15 bits per heavy atom. The van der Waals surface area contributed by atoms with Gasteiger partial charge in [0.15, 0.2) is 0 Å². The Bertz CT molecular complexity index is 1070. The molecule has 39 heavy (non-hydrogen) atoms. The second kappa shape index (κ2) is 11.1. The molecule has 2 N–H and O–H groups in total. The first-order valence-electron chi connectivity index (χ1n) is 15.2. The van der Waals surface area contributed by atoms with Crippen molar-refractivity contribution < 1.29 is 19.4 Å². The number of ether oxygens (including phenoxy) is 2. The summed E-state index contributed by atoms with van der Waals surface area (Å²) in [5.74, 6) is 2.72. The number of carbonyl (C=O) groups excluding carboxylic acids is 1. The van der Waals surface area contributed by atoms with Crippen molar-refractivity contribution in [3.05, 3.63) is 23.9 Å². The smallest absolute Gasteiger partial charge is 0.229 e. The third kappa shape index (κ3) is 5.25. The number of aromatic nitrogens is 1. The monoisotopic (exact) mass is 537 g/mol. The van der Waals surface area contributed by atoms with Gasteiger partial charge in [-0.05, 0) is 125 Å². The predicted octanol–water partition coefficient (Wildman–Crippen LogP) is 5.72. The fourth-order valence-corrected chi connectivity index (χ4v) is 9.33. The molecule has 0 unspecified atom stereocenters. The molecule has 7 heteroatoms. The van der Waals surface area contributed by atoms with E-state index in [4.69, 9.17) is 14.7 Å². The van der Waals surface area contributed by atoms with Crippen LogP contribution in [0.2, 0.25) is 0 Å². The number of anilines is 1. The van der Waals surface area contributed by atoms with Crippen molar-refractivity contribution in [1.82, 2.24) is 4.98 Å². The molecule has 0 saturated heterocycles. The van der Waals surface area contributed by atoms with Gasteiger partial charge in [-0.1, -0.05) is 6.92 Å². The maximum atomic E-state index is 13.5. The number of nitriles is 1. The summed E-state index contributed by atoms with van der Waals surface area (Å²) in [5.41, 5.74) is -0.160. The number of pyridine rings is 1. The summed E-state index contributed by atoms with van der Waals surface area (Å²) in [6.07, 6.45) is 10.8. The Balaban J connectivity index is 1.35. The minimum absolute atomic E-state index is 0.0187. The van der Waals surface area contributed by atoms with Crippen molar-refractivity contribution in [2.45, 2.75) is 97.2 Å². The Hall–Kier alpha value is -2.01. The first-order valence-corrected chi connectivity index (χ1v) is 15.2. The summed E-state index contributed by atoms with van der Waals surface area (Å²) in [6, 6.07) is 5.50. The second-order valence-corrected chi connectivity index (χ2v) is 13.5. The highest BCUT2D eigenvalue weighted by atomic mass is 16.5. The zero-order valence-electron chi connectivity index (χ0n) is 24.2. The van der Waals surface area contributed by atoms with E-state index in [0.29, 0.717) is 48.3 Å². The Labute approximate surface area is 234 Å². The van der Waals surface area contributed by atoms with Gasteiger partial charge in [0, 0.05) is 18.7 Å². The average Bonchev–Trinajstić information content (AvgIpc) is 3.28. The van der Waals surface area contributed by atoms with Gasteiger partial charge in [0.05, 0.1) is 30.5 Å². The number of fused-ring (bicyclic) bond motifs is 5. The van der Waals surface area contributed by atoms with E-state index in [0.717, 1.165) is 58.0 Å². The minimum atomic E-state index is -0.728. The van der Waals surface area contributed by atoms with Crippen LogP contribution in [-0.2, 0) is 14.3 Å². The van der Waals surface area contributed by atoms with E-state index >= 15 is 0 Å². The zero-order chi connectivity index (χ0) is 27.8. The highest BCUT2D eigenvalue weighted by Crippen LogP contribution is 2.68. The van der Waals surface area contributed by atoms with E-state index in [1.165, 1.54) is 12.6 Å². The van der Waals surface area contributed by atoms with E-state index in [2.05, 4.69) is 37.1 Å². The molecule has 214 valence electrons. The molecule has 0 bridgehead atoms. The fraction of sp³-hybridized carbons (Fsp3) is 0.781. The quantitative estimate of drug-likeness (QED) is 0.439. The van der Waals surface area contributed by atoms with Crippen molar-refractivity contribution in [2.24, 2.45) is 40.4 Å². The van der Waals surface area contributed by atoms with Gasteiger partial charge in [0.1, 0.15) is 11.9 Å². The molecule has 8 atom stereocenters. The molecule has 5 rings (SSSR count). The summed E-state index contributed by atoms with van der Waals surface area (Å²) in [5, 5.41) is 23.5. The number of rotatable bonds is 8.